The number of allylic oxidation sites excluding steroid dienone is 3. The maximum atomic E-state index is 9.83. The molecule has 0 unspecified atom stereocenters. The van der Waals surface area contributed by atoms with E-state index in [0.717, 1.165) is 11.8 Å². The van der Waals surface area contributed by atoms with Gasteiger partial charge in [0.2, 0.25) is 6.20 Å². The summed E-state index contributed by atoms with van der Waals surface area (Å²) >= 11 is 0. The fourth-order valence-electron chi connectivity index (χ4n) is 0.581. The van der Waals surface area contributed by atoms with Crippen LogP contribution < -0.4 is 5.73 Å². The number of hydrogen-bond donors (Lipinski definition) is 1. The summed E-state index contributed by atoms with van der Waals surface area (Å²) in [6, 6.07) is 0. The molecule has 0 amide bonds. The molecule has 0 heterocycles. The molecule has 0 aliphatic rings. The molecule has 0 aliphatic heterocycles. The Labute approximate surface area is 71.2 Å². The van der Waals surface area contributed by atoms with Gasteiger partial charge in [-0.05, 0) is 12.5 Å². The van der Waals surface area contributed by atoms with E-state index >= 15 is 0 Å². The molecule has 0 saturated heterocycles. The van der Waals surface area contributed by atoms with Crippen LogP contribution in [0.4, 0.5) is 0 Å². The van der Waals surface area contributed by atoms with Gasteiger partial charge >= 0.3 is 0 Å². The van der Waals surface area contributed by atoms with Crippen LogP contribution in [0.25, 0.3) is 0 Å². The van der Waals surface area contributed by atoms with Crippen molar-refractivity contribution in [2.45, 2.75) is 6.92 Å². The Morgan fingerprint density at radius 3 is 2.67 bits per heavy atom. The molecular weight excluding hydrogens is 156 g/mol. The topological polar surface area (TPSA) is 69.2 Å². The van der Waals surface area contributed by atoms with Crippen LogP contribution in [0.2, 0.25) is 0 Å². The van der Waals surface area contributed by atoms with Gasteiger partial charge in [0.1, 0.15) is 0 Å². The fourth-order valence-corrected chi connectivity index (χ4v) is 0.581. The van der Waals surface area contributed by atoms with Crippen LogP contribution in [0, 0.1) is 10.1 Å². The van der Waals surface area contributed by atoms with Gasteiger partial charge in [-0.2, -0.15) is 0 Å². The first-order valence-corrected chi connectivity index (χ1v) is 3.54. The third-order valence-corrected chi connectivity index (χ3v) is 1.24. The Balaban J connectivity index is 3.99. The van der Waals surface area contributed by atoms with Crippen molar-refractivity contribution >= 4 is 0 Å². The van der Waals surface area contributed by atoms with Crippen LogP contribution in [0.3, 0.4) is 0 Å². The predicted octanol–water partition coefficient (Wildman–Crippen LogP) is 1.24. The van der Waals surface area contributed by atoms with Crippen molar-refractivity contribution < 1.29 is 4.92 Å². The zero-order chi connectivity index (χ0) is 9.40. The largest absolute Gasteiger partial charge is 0.327 e. The molecule has 0 saturated carbocycles. The van der Waals surface area contributed by atoms with Crippen molar-refractivity contribution in [3.63, 3.8) is 0 Å². The van der Waals surface area contributed by atoms with Gasteiger partial charge in [-0.3, -0.25) is 10.1 Å². The number of nitrogens with two attached hydrogens (primary N) is 1. The first-order valence-electron chi connectivity index (χ1n) is 3.54. The predicted molar refractivity (Wildman–Crippen MR) is 48.1 cm³/mol. The van der Waals surface area contributed by atoms with Gasteiger partial charge in [0, 0.05) is 12.6 Å². The molecule has 12 heavy (non-hydrogen) atoms. The highest BCUT2D eigenvalue weighted by Gasteiger charge is 1.83. The molecular formula is C8H12N2O2. The normalized spacial score (nSPS) is 13.0. The van der Waals surface area contributed by atoms with Gasteiger partial charge in [0.05, 0.1) is 4.92 Å². The summed E-state index contributed by atoms with van der Waals surface area (Å²) in [5.41, 5.74) is 6.30. The van der Waals surface area contributed by atoms with E-state index in [4.69, 9.17) is 5.73 Å². The van der Waals surface area contributed by atoms with Gasteiger partial charge in [0.15, 0.2) is 0 Å². The maximum absolute atomic E-state index is 9.83. The summed E-state index contributed by atoms with van der Waals surface area (Å²) in [4.78, 5) is 9.32. The van der Waals surface area contributed by atoms with E-state index in [0.29, 0.717) is 6.54 Å². The maximum Gasteiger partial charge on any atom is 0.234 e. The molecule has 0 radical (unpaired) electrons. The molecule has 2 N–H and O–H groups in total. The van der Waals surface area contributed by atoms with E-state index < -0.39 is 4.92 Å². The summed E-state index contributed by atoms with van der Waals surface area (Å²) in [7, 11) is 0. The number of nitro groups is 1. The number of nitrogens with zero attached hydrogens (tertiary/aromatic N) is 1. The molecule has 4 heteroatoms. The third kappa shape index (κ3) is 5.37. The molecule has 0 atom stereocenters. The molecule has 0 bridgehead atoms. The molecule has 0 aromatic heterocycles. The van der Waals surface area contributed by atoms with Gasteiger partial charge in [-0.1, -0.05) is 18.2 Å². The lowest BCUT2D eigenvalue weighted by Gasteiger charge is -1.90. The van der Waals surface area contributed by atoms with Crippen LogP contribution in [-0.2, 0) is 0 Å². The van der Waals surface area contributed by atoms with Crippen LogP contribution in [0.5, 0.6) is 0 Å². The standard InChI is InChI=1S/C8H12N2O2/c1-2-8(7-9)5-3-4-6-10(11)12/h2-6H,7,9H2,1H3/b5-3-,6-4+,8-2+. The Hall–Kier alpha value is -1.42. The Bertz CT molecular complexity index is 229. The minimum Gasteiger partial charge on any atom is -0.327 e. The minimum absolute atomic E-state index is 0.444. The number of hydrogen-bond acceptors (Lipinski definition) is 3. The Morgan fingerprint density at radius 2 is 2.25 bits per heavy atom. The van der Waals surface area contributed by atoms with Crippen molar-refractivity contribution in [2.75, 3.05) is 6.54 Å². The number of rotatable bonds is 4. The molecule has 0 rings (SSSR count). The van der Waals surface area contributed by atoms with Crippen LogP contribution in [0.1, 0.15) is 6.92 Å². The second-order valence-electron chi connectivity index (χ2n) is 2.05. The Kier molecular flexibility index (Phi) is 5.55. The SMILES string of the molecule is C\C=C(/C=C\C=C\[N+](=O)[O-])CN. The summed E-state index contributed by atoms with van der Waals surface area (Å²) in [5, 5.41) is 9.83. The van der Waals surface area contributed by atoms with Crippen molar-refractivity contribution in [3.8, 4) is 0 Å². The Morgan fingerprint density at radius 1 is 1.58 bits per heavy atom. The van der Waals surface area contributed by atoms with E-state index in [1.54, 1.807) is 12.2 Å². The van der Waals surface area contributed by atoms with Gasteiger partial charge in [-0.15, -0.1) is 0 Å². The molecule has 0 spiro atoms. The van der Waals surface area contributed by atoms with E-state index in [1.165, 1.54) is 6.08 Å². The summed E-state index contributed by atoms with van der Waals surface area (Å²) < 4.78 is 0. The lowest BCUT2D eigenvalue weighted by atomic mass is 10.2. The second kappa shape index (κ2) is 6.30. The highest BCUT2D eigenvalue weighted by molar-refractivity contribution is 5.22. The summed E-state index contributed by atoms with van der Waals surface area (Å²) in [6.45, 7) is 2.31. The highest BCUT2D eigenvalue weighted by atomic mass is 16.6. The average Bonchev–Trinajstić information content (AvgIpc) is 2.04. The summed E-state index contributed by atoms with van der Waals surface area (Å²) in [6.07, 6.45) is 7.42. The van der Waals surface area contributed by atoms with Crippen LogP contribution in [0.15, 0.2) is 36.1 Å². The minimum atomic E-state index is -0.512. The first-order chi connectivity index (χ1) is 5.70. The molecule has 66 valence electrons. The lowest BCUT2D eigenvalue weighted by Crippen LogP contribution is -1.99. The van der Waals surface area contributed by atoms with Crippen molar-refractivity contribution in [1.82, 2.24) is 0 Å². The van der Waals surface area contributed by atoms with Crippen LogP contribution in [-0.4, -0.2) is 11.5 Å². The first kappa shape index (κ1) is 10.6. The van der Waals surface area contributed by atoms with Gasteiger partial charge in [-0.25, -0.2) is 0 Å². The van der Waals surface area contributed by atoms with Crippen molar-refractivity contribution in [2.24, 2.45) is 5.73 Å². The quantitative estimate of drug-likeness (QED) is 0.390. The van der Waals surface area contributed by atoms with Gasteiger partial charge in [0.25, 0.3) is 0 Å². The molecule has 0 fully saturated rings. The van der Waals surface area contributed by atoms with E-state index in [9.17, 15) is 10.1 Å². The summed E-state index contributed by atoms with van der Waals surface area (Å²) in [5.74, 6) is 0. The zero-order valence-electron chi connectivity index (χ0n) is 6.93. The van der Waals surface area contributed by atoms with Crippen molar-refractivity contribution in [1.29, 1.82) is 0 Å². The fraction of sp³-hybridized carbons (Fsp3) is 0.250. The van der Waals surface area contributed by atoms with Gasteiger partial charge < -0.3 is 5.73 Å². The second-order valence-corrected chi connectivity index (χ2v) is 2.05. The van der Waals surface area contributed by atoms with E-state index in [-0.39, 0.29) is 0 Å². The highest BCUT2D eigenvalue weighted by Crippen LogP contribution is 1.93. The van der Waals surface area contributed by atoms with Crippen molar-refractivity contribution in [3.05, 3.63) is 46.2 Å². The van der Waals surface area contributed by atoms with E-state index in [2.05, 4.69) is 0 Å². The monoisotopic (exact) mass is 168 g/mol. The molecule has 0 aromatic rings. The molecule has 0 aliphatic carbocycles. The smallest absolute Gasteiger partial charge is 0.234 e. The molecule has 0 aromatic carbocycles. The van der Waals surface area contributed by atoms with Crippen LogP contribution >= 0.6 is 0 Å². The third-order valence-electron chi connectivity index (χ3n) is 1.24. The zero-order valence-corrected chi connectivity index (χ0v) is 6.93. The average molecular weight is 168 g/mol. The van der Waals surface area contributed by atoms with E-state index in [1.807, 2.05) is 13.0 Å². The lowest BCUT2D eigenvalue weighted by molar-refractivity contribution is -0.402. The molecule has 4 nitrogen and oxygen atoms in total.